The Labute approximate surface area is 116 Å². The Morgan fingerprint density at radius 2 is 1.89 bits per heavy atom. The van der Waals surface area contributed by atoms with Gasteiger partial charge in [0, 0.05) is 6.04 Å². The smallest absolute Gasteiger partial charge is 0.345 e. The zero-order chi connectivity index (χ0) is 13.8. The Morgan fingerprint density at radius 1 is 1.21 bits per heavy atom. The van der Waals surface area contributed by atoms with E-state index in [2.05, 4.69) is 12.2 Å². The Hall–Kier alpha value is -1.36. The average molecular weight is 281 g/mol. The molecule has 1 saturated carbocycles. The number of carbonyl (C=O) groups is 2. The molecule has 19 heavy (non-hydrogen) atoms. The highest BCUT2D eigenvalue weighted by Gasteiger charge is 2.23. The van der Waals surface area contributed by atoms with Crippen molar-refractivity contribution >= 4 is 23.2 Å². The third-order valence-corrected chi connectivity index (χ3v) is 4.79. The van der Waals surface area contributed by atoms with Gasteiger partial charge in [0.2, 0.25) is 0 Å². The lowest BCUT2D eigenvalue weighted by Crippen LogP contribution is -2.38. The molecule has 2 N–H and O–H groups in total. The number of carboxylic acid groups (broad SMARTS) is 1. The molecule has 1 aromatic rings. The minimum Gasteiger partial charge on any atom is -0.477 e. The van der Waals surface area contributed by atoms with Gasteiger partial charge in [-0.15, -0.1) is 11.3 Å². The number of nitrogens with one attached hydrogen (secondary N) is 1. The molecule has 2 unspecified atom stereocenters. The van der Waals surface area contributed by atoms with E-state index >= 15 is 0 Å². The van der Waals surface area contributed by atoms with Gasteiger partial charge >= 0.3 is 5.97 Å². The maximum Gasteiger partial charge on any atom is 0.345 e. The van der Waals surface area contributed by atoms with E-state index in [-0.39, 0.29) is 16.8 Å². The predicted octanol–water partition coefficient (Wildman–Crippen LogP) is 3.14. The van der Waals surface area contributed by atoms with Crippen molar-refractivity contribution in [1.29, 1.82) is 0 Å². The van der Waals surface area contributed by atoms with Crippen molar-refractivity contribution in [2.24, 2.45) is 5.92 Å². The molecule has 1 amide bonds. The van der Waals surface area contributed by atoms with E-state index in [0.717, 1.165) is 30.6 Å². The zero-order valence-corrected chi connectivity index (χ0v) is 11.8. The fourth-order valence-electron chi connectivity index (χ4n) is 2.52. The molecule has 5 heteroatoms. The second-order valence-electron chi connectivity index (χ2n) is 5.16. The van der Waals surface area contributed by atoms with Crippen LogP contribution in [0.25, 0.3) is 0 Å². The van der Waals surface area contributed by atoms with E-state index < -0.39 is 5.97 Å². The van der Waals surface area contributed by atoms with Crippen molar-refractivity contribution in [3.63, 3.8) is 0 Å². The molecular weight excluding hydrogens is 262 g/mol. The Balaban J connectivity index is 2.00. The lowest BCUT2D eigenvalue weighted by atomic mass is 9.97. The first-order valence-corrected chi connectivity index (χ1v) is 7.53. The molecule has 0 aromatic carbocycles. The first-order chi connectivity index (χ1) is 9.08. The molecular formula is C14H19NO3S. The fraction of sp³-hybridized carbons (Fsp3) is 0.571. The molecule has 0 bridgehead atoms. The highest BCUT2D eigenvalue weighted by atomic mass is 32.1. The van der Waals surface area contributed by atoms with E-state index in [1.807, 2.05) is 0 Å². The van der Waals surface area contributed by atoms with Crippen molar-refractivity contribution < 1.29 is 14.7 Å². The fourth-order valence-corrected chi connectivity index (χ4v) is 3.27. The summed E-state index contributed by atoms with van der Waals surface area (Å²) in [4.78, 5) is 23.6. The molecule has 2 atom stereocenters. The van der Waals surface area contributed by atoms with Crippen molar-refractivity contribution in [1.82, 2.24) is 5.32 Å². The van der Waals surface area contributed by atoms with Gasteiger partial charge in [-0.2, -0.15) is 0 Å². The first kappa shape index (κ1) is 14.1. The van der Waals surface area contributed by atoms with Gasteiger partial charge in [0.05, 0.1) is 4.88 Å². The van der Waals surface area contributed by atoms with Gasteiger partial charge in [-0.25, -0.2) is 4.79 Å². The number of thiophene rings is 1. The van der Waals surface area contributed by atoms with Crippen LogP contribution in [0.5, 0.6) is 0 Å². The van der Waals surface area contributed by atoms with E-state index in [1.165, 1.54) is 18.9 Å². The monoisotopic (exact) mass is 281 g/mol. The molecule has 104 valence electrons. The zero-order valence-electron chi connectivity index (χ0n) is 11.0. The summed E-state index contributed by atoms with van der Waals surface area (Å²) in [7, 11) is 0. The van der Waals surface area contributed by atoms with E-state index in [1.54, 1.807) is 6.07 Å². The SMILES string of the molecule is CC1CCCCCC1NC(=O)c1ccc(C(=O)O)s1. The number of aromatic carboxylic acids is 1. The Kier molecular flexibility index (Phi) is 4.58. The van der Waals surface area contributed by atoms with Crippen LogP contribution in [0.2, 0.25) is 0 Å². The molecule has 1 aliphatic rings. The summed E-state index contributed by atoms with van der Waals surface area (Å²) in [5.41, 5.74) is 0. The summed E-state index contributed by atoms with van der Waals surface area (Å²) < 4.78 is 0. The van der Waals surface area contributed by atoms with Gasteiger partial charge in [0.25, 0.3) is 5.91 Å². The van der Waals surface area contributed by atoms with Gasteiger partial charge in [-0.05, 0) is 30.9 Å². The highest BCUT2D eigenvalue weighted by Crippen LogP contribution is 2.24. The van der Waals surface area contributed by atoms with Crippen molar-refractivity contribution in [2.75, 3.05) is 0 Å². The van der Waals surface area contributed by atoms with E-state index in [4.69, 9.17) is 5.11 Å². The van der Waals surface area contributed by atoms with Gasteiger partial charge < -0.3 is 10.4 Å². The number of amides is 1. The lowest BCUT2D eigenvalue weighted by molar-refractivity contribution is 0.0702. The summed E-state index contributed by atoms with van der Waals surface area (Å²) >= 11 is 1.03. The van der Waals surface area contributed by atoms with Gasteiger partial charge in [-0.3, -0.25) is 4.79 Å². The number of rotatable bonds is 3. The van der Waals surface area contributed by atoms with Crippen LogP contribution in [0.3, 0.4) is 0 Å². The molecule has 0 radical (unpaired) electrons. The number of hydrogen-bond donors (Lipinski definition) is 2. The van der Waals surface area contributed by atoms with Crippen LogP contribution in [0.15, 0.2) is 12.1 Å². The largest absolute Gasteiger partial charge is 0.477 e. The minimum atomic E-state index is -0.980. The second kappa shape index (κ2) is 6.19. The third-order valence-electron chi connectivity index (χ3n) is 3.72. The summed E-state index contributed by atoms with van der Waals surface area (Å²) in [6.07, 6.45) is 5.79. The van der Waals surface area contributed by atoms with Crippen LogP contribution in [0, 0.1) is 5.92 Å². The van der Waals surface area contributed by atoms with Gasteiger partial charge in [0.15, 0.2) is 0 Å². The molecule has 2 rings (SSSR count). The van der Waals surface area contributed by atoms with E-state index in [9.17, 15) is 9.59 Å². The van der Waals surface area contributed by atoms with Crippen LogP contribution in [0.1, 0.15) is 58.4 Å². The Bertz CT molecular complexity index is 469. The molecule has 1 aromatic heterocycles. The maximum atomic E-state index is 12.1. The second-order valence-corrected chi connectivity index (χ2v) is 6.25. The molecule has 1 fully saturated rings. The predicted molar refractivity (Wildman–Crippen MR) is 74.8 cm³/mol. The van der Waals surface area contributed by atoms with Crippen LogP contribution < -0.4 is 5.32 Å². The lowest BCUT2D eigenvalue weighted by Gasteiger charge is -2.22. The molecule has 1 heterocycles. The van der Waals surface area contributed by atoms with Crippen LogP contribution in [-0.4, -0.2) is 23.0 Å². The summed E-state index contributed by atoms with van der Waals surface area (Å²) in [6, 6.07) is 3.29. The third kappa shape index (κ3) is 3.56. The number of hydrogen-bond acceptors (Lipinski definition) is 3. The van der Waals surface area contributed by atoms with Crippen LogP contribution >= 0.6 is 11.3 Å². The standard InChI is InChI=1S/C14H19NO3S/c1-9-5-3-2-4-6-10(9)15-13(16)11-7-8-12(19-11)14(17)18/h7-10H,2-6H2,1H3,(H,15,16)(H,17,18). The van der Waals surface area contributed by atoms with Gasteiger partial charge in [-0.1, -0.05) is 26.2 Å². The van der Waals surface area contributed by atoms with Crippen molar-refractivity contribution in [3.05, 3.63) is 21.9 Å². The molecule has 0 spiro atoms. The summed E-state index contributed by atoms with van der Waals surface area (Å²) in [6.45, 7) is 2.17. The summed E-state index contributed by atoms with van der Waals surface area (Å²) in [5.74, 6) is -0.631. The van der Waals surface area contributed by atoms with Crippen LogP contribution in [0.4, 0.5) is 0 Å². The van der Waals surface area contributed by atoms with Crippen molar-refractivity contribution in [2.45, 2.75) is 45.1 Å². The minimum absolute atomic E-state index is 0.142. The quantitative estimate of drug-likeness (QED) is 0.836. The van der Waals surface area contributed by atoms with Gasteiger partial charge in [0.1, 0.15) is 4.88 Å². The molecule has 4 nitrogen and oxygen atoms in total. The number of carboxylic acids is 1. The normalized spacial score (nSPS) is 23.6. The first-order valence-electron chi connectivity index (χ1n) is 6.72. The Morgan fingerprint density at radius 3 is 2.58 bits per heavy atom. The summed E-state index contributed by atoms with van der Waals surface area (Å²) in [5, 5.41) is 11.9. The molecule has 1 aliphatic carbocycles. The van der Waals surface area contributed by atoms with Crippen molar-refractivity contribution in [3.8, 4) is 0 Å². The van der Waals surface area contributed by atoms with Crippen LogP contribution in [-0.2, 0) is 0 Å². The van der Waals surface area contributed by atoms with E-state index in [0.29, 0.717) is 10.8 Å². The number of carbonyl (C=O) groups excluding carboxylic acids is 1. The topological polar surface area (TPSA) is 66.4 Å². The highest BCUT2D eigenvalue weighted by molar-refractivity contribution is 7.15. The molecule has 0 aliphatic heterocycles. The maximum absolute atomic E-state index is 12.1. The molecule has 0 saturated heterocycles. The average Bonchev–Trinajstić information content (AvgIpc) is 2.78.